The summed E-state index contributed by atoms with van der Waals surface area (Å²) in [6.07, 6.45) is 3.96. The van der Waals surface area contributed by atoms with E-state index < -0.39 is 0 Å². The van der Waals surface area contributed by atoms with Gasteiger partial charge in [-0.1, -0.05) is 26.0 Å². The van der Waals surface area contributed by atoms with Crippen molar-refractivity contribution in [3.8, 4) is 0 Å². The highest BCUT2D eigenvalue weighted by atomic mass is 16.6. The van der Waals surface area contributed by atoms with E-state index >= 15 is 0 Å². The fraction of sp³-hybridized carbons (Fsp3) is 0.800. The number of Topliss-reactive ketones (excluding diaryl/α,β-unsaturated/α-hetero) is 1. The van der Waals surface area contributed by atoms with Crippen molar-refractivity contribution in [2.24, 2.45) is 17.3 Å². The van der Waals surface area contributed by atoms with Crippen LogP contribution in [0, 0.1) is 17.3 Å². The number of ketones is 1. The van der Waals surface area contributed by atoms with Gasteiger partial charge in [-0.05, 0) is 38.0 Å². The van der Waals surface area contributed by atoms with Gasteiger partial charge in [-0.2, -0.15) is 0 Å². The molecule has 0 radical (unpaired) electrons. The smallest absolute Gasteiger partial charge is 0.164 e. The number of allylic oxidation sites excluding steroid dienone is 1. The monoisotopic (exact) mass is 234 g/mol. The van der Waals surface area contributed by atoms with Crippen LogP contribution >= 0.6 is 0 Å². The number of hydrogen-bond donors (Lipinski definition) is 0. The van der Waals surface area contributed by atoms with Gasteiger partial charge < -0.3 is 4.74 Å². The van der Waals surface area contributed by atoms with E-state index in [1.807, 2.05) is 0 Å². The van der Waals surface area contributed by atoms with Gasteiger partial charge in [0.15, 0.2) is 5.78 Å². The lowest BCUT2D eigenvalue weighted by Crippen LogP contribution is -2.52. The summed E-state index contributed by atoms with van der Waals surface area (Å²) in [5.41, 5.74) is 1.36. The topological polar surface area (TPSA) is 29.6 Å². The maximum Gasteiger partial charge on any atom is 0.164 e. The molecule has 0 bridgehead atoms. The van der Waals surface area contributed by atoms with E-state index in [1.165, 1.54) is 5.57 Å². The predicted molar refractivity (Wildman–Crippen MR) is 66.7 cm³/mol. The maximum absolute atomic E-state index is 11.9. The molecule has 2 unspecified atom stereocenters. The van der Waals surface area contributed by atoms with Gasteiger partial charge in [0.1, 0.15) is 11.7 Å². The Bertz CT molecular complexity index is 400. The minimum absolute atomic E-state index is 0.0743. The van der Waals surface area contributed by atoms with Gasteiger partial charge in [0.05, 0.1) is 0 Å². The zero-order chi connectivity index (χ0) is 12.4. The Kier molecular flexibility index (Phi) is 2.17. The molecule has 1 saturated heterocycles. The second-order valence-electron chi connectivity index (χ2n) is 6.66. The lowest BCUT2D eigenvalue weighted by Gasteiger charge is -2.49. The predicted octanol–water partition coefficient (Wildman–Crippen LogP) is 3.12. The molecule has 3 aliphatic rings. The summed E-state index contributed by atoms with van der Waals surface area (Å²) in [6, 6.07) is 0. The molecule has 0 aromatic heterocycles. The van der Waals surface area contributed by atoms with Crippen LogP contribution in [0.15, 0.2) is 12.2 Å². The van der Waals surface area contributed by atoms with Crippen molar-refractivity contribution < 1.29 is 9.53 Å². The van der Waals surface area contributed by atoms with E-state index in [2.05, 4.69) is 27.4 Å². The van der Waals surface area contributed by atoms with Gasteiger partial charge in [0.2, 0.25) is 0 Å². The lowest BCUT2D eigenvalue weighted by molar-refractivity contribution is -0.125. The van der Waals surface area contributed by atoms with Crippen molar-refractivity contribution in [1.82, 2.24) is 0 Å². The van der Waals surface area contributed by atoms with Gasteiger partial charge in [-0.15, -0.1) is 0 Å². The Morgan fingerprint density at radius 3 is 2.88 bits per heavy atom. The van der Waals surface area contributed by atoms with Crippen LogP contribution in [-0.2, 0) is 9.53 Å². The number of carbonyl (C=O) groups is 1. The van der Waals surface area contributed by atoms with Crippen LogP contribution < -0.4 is 0 Å². The molecule has 1 spiro atoms. The van der Waals surface area contributed by atoms with Crippen LogP contribution in [0.2, 0.25) is 0 Å². The van der Waals surface area contributed by atoms with Crippen LogP contribution in [0.4, 0.5) is 0 Å². The Labute approximate surface area is 103 Å². The van der Waals surface area contributed by atoms with Gasteiger partial charge >= 0.3 is 0 Å². The summed E-state index contributed by atoms with van der Waals surface area (Å²) in [5, 5.41) is 0. The molecule has 17 heavy (non-hydrogen) atoms. The standard InChI is InChI=1S/C15H22O2/c1-9(2)11-5-6-15-13(17-15)12(16)7-10(3)14(15,4)8-11/h10-11,13H,1,5-8H2,2-4H3/t10?,11?,13-,14+,15+/m1/s1. The van der Waals surface area contributed by atoms with E-state index in [4.69, 9.17) is 4.74 Å². The fourth-order valence-electron chi connectivity index (χ4n) is 4.26. The highest BCUT2D eigenvalue weighted by molar-refractivity contribution is 5.89. The summed E-state index contributed by atoms with van der Waals surface area (Å²) >= 11 is 0. The molecule has 3 fully saturated rings. The lowest BCUT2D eigenvalue weighted by atomic mass is 9.53. The number of hydrogen-bond acceptors (Lipinski definition) is 2. The summed E-state index contributed by atoms with van der Waals surface area (Å²) in [6.45, 7) is 10.8. The molecule has 0 N–H and O–H groups in total. The third-order valence-corrected chi connectivity index (χ3v) is 5.78. The summed E-state index contributed by atoms with van der Waals surface area (Å²) in [4.78, 5) is 11.9. The van der Waals surface area contributed by atoms with Crippen molar-refractivity contribution in [3.63, 3.8) is 0 Å². The first-order chi connectivity index (χ1) is 7.91. The zero-order valence-electron chi connectivity index (χ0n) is 11.1. The molecular formula is C15H22O2. The number of ether oxygens (including phenoxy) is 1. The number of rotatable bonds is 1. The Morgan fingerprint density at radius 2 is 2.24 bits per heavy atom. The van der Waals surface area contributed by atoms with E-state index in [-0.39, 0.29) is 17.1 Å². The minimum atomic E-state index is -0.103. The molecule has 0 aromatic rings. The molecule has 2 saturated carbocycles. The first-order valence-corrected chi connectivity index (χ1v) is 6.76. The normalized spacial score (nSPS) is 52.6. The van der Waals surface area contributed by atoms with E-state index in [1.54, 1.807) is 0 Å². The highest BCUT2D eigenvalue weighted by Gasteiger charge is 2.74. The second kappa shape index (κ2) is 3.23. The van der Waals surface area contributed by atoms with Crippen LogP contribution in [0.3, 0.4) is 0 Å². The Balaban J connectivity index is 1.93. The fourth-order valence-corrected chi connectivity index (χ4v) is 4.26. The molecule has 1 heterocycles. The molecular weight excluding hydrogens is 212 g/mol. The van der Waals surface area contributed by atoms with Crippen molar-refractivity contribution in [2.45, 2.75) is 58.2 Å². The first kappa shape index (κ1) is 11.5. The van der Waals surface area contributed by atoms with Gasteiger partial charge in [0.25, 0.3) is 0 Å². The molecule has 0 aromatic carbocycles. The van der Waals surface area contributed by atoms with E-state index in [0.29, 0.717) is 24.0 Å². The maximum atomic E-state index is 11.9. The SMILES string of the molecule is C=C(C)C1CC[C@]23O[C@@H]2C(=O)CC(C)[C@]3(C)C1. The average Bonchev–Trinajstić information content (AvgIpc) is 2.98. The summed E-state index contributed by atoms with van der Waals surface area (Å²) in [5.74, 6) is 1.39. The van der Waals surface area contributed by atoms with Crippen molar-refractivity contribution >= 4 is 5.78 Å². The third-order valence-electron chi connectivity index (χ3n) is 5.78. The van der Waals surface area contributed by atoms with Gasteiger partial charge in [0, 0.05) is 11.8 Å². The van der Waals surface area contributed by atoms with Crippen molar-refractivity contribution in [1.29, 1.82) is 0 Å². The average molecular weight is 234 g/mol. The Morgan fingerprint density at radius 1 is 1.53 bits per heavy atom. The summed E-state index contributed by atoms with van der Waals surface area (Å²) < 4.78 is 5.90. The quantitative estimate of drug-likeness (QED) is 0.515. The van der Waals surface area contributed by atoms with E-state index in [0.717, 1.165) is 19.3 Å². The van der Waals surface area contributed by atoms with Gasteiger partial charge in [-0.25, -0.2) is 0 Å². The van der Waals surface area contributed by atoms with Gasteiger partial charge in [-0.3, -0.25) is 4.79 Å². The number of carbonyl (C=O) groups excluding carboxylic acids is 1. The molecule has 1 aliphatic heterocycles. The van der Waals surface area contributed by atoms with Crippen molar-refractivity contribution in [3.05, 3.63) is 12.2 Å². The molecule has 0 amide bonds. The molecule has 2 aliphatic carbocycles. The molecule has 3 rings (SSSR count). The number of epoxide rings is 1. The Hall–Kier alpha value is -0.630. The van der Waals surface area contributed by atoms with Crippen LogP contribution in [0.5, 0.6) is 0 Å². The minimum Gasteiger partial charge on any atom is -0.357 e. The van der Waals surface area contributed by atoms with Crippen LogP contribution in [0.25, 0.3) is 0 Å². The molecule has 2 heteroatoms. The van der Waals surface area contributed by atoms with E-state index in [9.17, 15) is 4.79 Å². The largest absolute Gasteiger partial charge is 0.357 e. The first-order valence-electron chi connectivity index (χ1n) is 6.76. The summed E-state index contributed by atoms with van der Waals surface area (Å²) in [7, 11) is 0. The van der Waals surface area contributed by atoms with Crippen LogP contribution in [0.1, 0.15) is 46.5 Å². The molecule has 2 nitrogen and oxygen atoms in total. The molecule has 5 atom stereocenters. The molecule has 94 valence electrons. The third kappa shape index (κ3) is 1.28. The highest BCUT2D eigenvalue weighted by Crippen LogP contribution is 2.66. The second-order valence-corrected chi connectivity index (χ2v) is 6.66. The van der Waals surface area contributed by atoms with Crippen LogP contribution in [-0.4, -0.2) is 17.5 Å². The zero-order valence-corrected chi connectivity index (χ0v) is 11.1. The van der Waals surface area contributed by atoms with Crippen molar-refractivity contribution in [2.75, 3.05) is 0 Å².